The highest BCUT2D eigenvalue weighted by Gasteiger charge is 2.30. The molecule has 3 aromatic rings. The topological polar surface area (TPSA) is 94.4 Å². The summed E-state index contributed by atoms with van der Waals surface area (Å²) in [6.07, 6.45) is 1.86. The highest BCUT2D eigenvalue weighted by Crippen LogP contribution is 2.30. The van der Waals surface area contributed by atoms with Gasteiger partial charge in [-0.2, -0.15) is 4.98 Å². The first-order valence-electron chi connectivity index (χ1n) is 7.40. The van der Waals surface area contributed by atoms with Gasteiger partial charge in [0.05, 0.1) is 5.69 Å². The molecule has 1 fully saturated rings. The maximum atomic E-state index is 11.8. The number of carbonyl (C=O) groups excluding carboxylic acids is 1. The van der Waals surface area contributed by atoms with Gasteiger partial charge in [-0.15, -0.1) is 5.10 Å². The van der Waals surface area contributed by atoms with Crippen LogP contribution in [0.25, 0.3) is 16.9 Å². The second-order valence-corrected chi connectivity index (χ2v) is 5.56. The smallest absolute Gasteiger partial charge is 0.249 e. The Balaban J connectivity index is 1.74. The van der Waals surface area contributed by atoms with Gasteiger partial charge in [0.1, 0.15) is 0 Å². The Kier molecular flexibility index (Phi) is 3.20. The van der Waals surface area contributed by atoms with E-state index in [2.05, 4.69) is 15.4 Å². The highest BCUT2D eigenvalue weighted by molar-refractivity contribution is 5.92. The normalized spacial score (nSPS) is 14.0. The van der Waals surface area contributed by atoms with Crippen LogP contribution in [0.4, 0.5) is 11.6 Å². The first-order chi connectivity index (χ1) is 11.2. The molecule has 0 spiro atoms. The first-order valence-corrected chi connectivity index (χ1v) is 7.40. The third kappa shape index (κ3) is 2.62. The maximum absolute atomic E-state index is 11.8. The molecule has 116 valence electrons. The van der Waals surface area contributed by atoms with Crippen LogP contribution in [0.15, 0.2) is 42.5 Å². The van der Waals surface area contributed by atoms with Gasteiger partial charge >= 0.3 is 0 Å². The molecule has 0 saturated heterocycles. The standard InChI is InChI=1S/C16H14N5O2/c22-15(10-7-8-10)18-16-17-14-6-2-5-13(21(14)19-16)11-3-1-4-12(9-11)20-23/h1-6,9-10,20H,7-8H2,(H,18,19,22)/q-1. The SMILES string of the molecule is O=C(Nc1nc2cccc(-c3cccc(N[O-])c3)n2n1)C1CC1. The molecule has 2 N–H and O–H groups in total. The van der Waals surface area contributed by atoms with Crippen molar-refractivity contribution in [1.82, 2.24) is 14.6 Å². The summed E-state index contributed by atoms with van der Waals surface area (Å²) in [6, 6.07) is 12.7. The monoisotopic (exact) mass is 308 g/mol. The maximum Gasteiger partial charge on any atom is 0.249 e. The van der Waals surface area contributed by atoms with Gasteiger partial charge in [0.15, 0.2) is 5.65 Å². The van der Waals surface area contributed by atoms with Gasteiger partial charge in [-0.3, -0.25) is 10.1 Å². The molecule has 0 unspecified atom stereocenters. The van der Waals surface area contributed by atoms with Gasteiger partial charge in [-0.05, 0) is 37.1 Å². The minimum absolute atomic E-state index is 0.0278. The van der Waals surface area contributed by atoms with E-state index in [0.717, 1.165) is 24.1 Å². The van der Waals surface area contributed by atoms with E-state index in [1.165, 1.54) is 0 Å². The van der Waals surface area contributed by atoms with Crippen LogP contribution in [-0.2, 0) is 4.79 Å². The molecular formula is C16H14N5O2-. The molecule has 7 nitrogen and oxygen atoms in total. The van der Waals surface area contributed by atoms with Gasteiger partial charge in [0.2, 0.25) is 11.9 Å². The van der Waals surface area contributed by atoms with Crippen LogP contribution in [0.3, 0.4) is 0 Å². The van der Waals surface area contributed by atoms with Crippen molar-refractivity contribution in [1.29, 1.82) is 0 Å². The third-order valence-electron chi connectivity index (χ3n) is 3.82. The van der Waals surface area contributed by atoms with Crippen LogP contribution in [0, 0.1) is 11.1 Å². The minimum Gasteiger partial charge on any atom is -0.761 e. The summed E-state index contributed by atoms with van der Waals surface area (Å²) in [6.45, 7) is 0. The van der Waals surface area contributed by atoms with Gasteiger partial charge in [0.25, 0.3) is 0 Å². The molecule has 23 heavy (non-hydrogen) atoms. The van der Waals surface area contributed by atoms with Crippen LogP contribution in [0.1, 0.15) is 12.8 Å². The number of carbonyl (C=O) groups is 1. The molecule has 1 amide bonds. The summed E-state index contributed by atoms with van der Waals surface area (Å²) in [4.78, 5) is 16.2. The molecule has 1 aromatic carbocycles. The van der Waals surface area contributed by atoms with Gasteiger partial charge < -0.3 is 10.7 Å². The van der Waals surface area contributed by atoms with E-state index in [1.54, 1.807) is 22.7 Å². The molecule has 7 heteroatoms. The van der Waals surface area contributed by atoms with Crippen molar-refractivity contribution in [2.45, 2.75) is 12.8 Å². The number of nitrogens with zero attached hydrogens (tertiary/aromatic N) is 3. The van der Waals surface area contributed by atoms with E-state index in [-0.39, 0.29) is 11.8 Å². The number of pyridine rings is 1. The van der Waals surface area contributed by atoms with Gasteiger partial charge in [-0.25, -0.2) is 4.52 Å². The van der Waals surface area contributed by atoms with E-state index >= 15 is 0 Å². The molecule has 0 aliphatic heterocycles. The summed E-state index contributed by atoms with van der Waals surface area (Å²) in [7, 11) is 0. The zero-order chi connectivity index (χ0) is 15.8. The van der Waals surface area contributed by atoms with Crippen LogP contribution < -0.4 is 10.8 Å². The third-order valence-corrected chi connectivity index (χ3v) is 3.82. The van der Waals surface area contributed by atoms with E-state index in [1.807, 2.05) is 29.7 Å². The van der Waals surface area contributed by atoms with E-state index in [4.69, 9.17) is 0 Å². The predicted octanol–water partition coefficient (Wildman–Crippen LogP) is 2.65. The molecule has 2 aromatic heterocycles. The van der Waals surface area contributed by atoms with E-state index < -0.39 is 0 Å². The Hall–Kier alpha value is -2.93. The molecular weight excluding hydrogens is 294 g/mol. The largest absolute Gasteiger partial charge is 0.761 e. The fraction of sp³-hybridized carbons (Fsp3) is 0.188. The molecule has 1 saturated carbocycles. The fourth-order valence-electron chi connectivity index (χ4n) is 2.48. The number of hydrogen-bond acceptors (Lipinski definition) is 5. The van der Waals surface area contributed by atoms with E-state index in [0.29, 0.717) is 17.3 Å². The molecule has 4 rings (SSSR count). The van der Waals surface area contributed by atoms with Crippen molar-refractivity contribution >= 4 is 23.2 Å². The fourth-order valence-corrected chi connectivity index (χ4v) is 2.48. The molecule has 0 bridgehead atoms. The van der Waals surface area contributed by atoms with Gasteiger partial charge in [-0.1, -0.05) is 18.2 Å². The Morgan fingerprint density at radius 2 is 2.04 bits per heavy atom. The summed E-state index contributed by atoms with van der Waals surface area (Å²) >= 11 is 0. The van der Waals surface area contributed by atoms with Crippen molar-refractivity contribution < 1.29 is 4.79 Å². The lowest BCUT2D eigenvalue weighted by molar-refractivity contribution is -0.117. The zero-order valence-corrected chi connectivity index (χ0v) is 12.2. The second-order valence-electron chi connectivity index (χ2n) is 5.56. The quantitative estimate of drug-likeness (QED) is 0.723. The summed E-state index contributed by atoms with van der Waals surface area (Å²) in [5.74, 6) is 0.369. The van der Waals surface area contributed by atoms with Gasteiger partial charge in [0, 0.05) is 17.2 Å². The summed E-state index contributed by atoms with van der Waals surface area (Å²) in [5.41, 5.74) is 4.62. The second kappa shape index (κ2) is 5.36. The number of fused-ring (bicyclic) bond motifs is 1. The van der Waals surface area contributed by atoms with Crippen LogP contribution in [0.2, 0.25) is 0 Å². The number of benzene rings is 1. The number of hydrogen-bond donors (Lipinski definition) is 2. The Morgan fingerprint density at radius 3 is 2.83 bits per heavy atom. The van der Waals surface area contributed by atoms with Crippen molar-refractivity contribution in [2.24, 2.45) is 5.92 Å². The molecule has 1 aliphatic rings. The zero-order valence-electron chi connectivity index (χ0n) is 12.2. The average molecular weight is 308 g/mol. The minimum atomic E-state index is -0.0278. The summed E-state index contributed by atoms with van der Waals surface area (Å²) < 4.78 is 1.66. The van der Waals surface area contributed by atoms with Crippen LogP contribution in [-0.4, -0.2) is 20.5 Å². The number of anilines is 2. The van der Waals surface area contributed by atoms with Crippen molar-refractivity contribution in [3.05, 3.63) is 47.7 Å². The number of amides is 1. The lowest BCUT2D eigenvalue weighted by Gasteiger charge is -2.11. The number of rotatable bonds is 4. The van der Waals surface area contributed by atoms with Crippen molar-refractivity contribution in [2.75, 3.05) is 10.8 Å². The predicted molar refractivity (Wildman–Crippen MR) is 86.8 cm³/mol. The Labute approximate surface area is 131 Å². The Bertz CT molecular complexity index is 885. The lowest BCUT2D eigenvalue weighted by atomic mass is 10.1. The molecule has 0 radical (unpaired) electrons. The summed E-state index contributed by atoms with van der Waals surface area (Å²) in [5, 5.41) is 18.0. The number of aromatic nitrogens is 3. The van der Waals surface area contributed by atoms with Crippen LogP contribution in [0.5, 0.6) is 0 Å². The average Bonchev–Trinajstić information content (AvgIpc) is 3.35. The first kappa shape index (κ1) is 13.7. The molecule has 0 atom stereocenters. The number of nitrogens with one attached hydrogen (secondary N) is 2. The van der Waals surface area contributed by atoms with Crippen LogP contribution >= 0.6 is 0 Å². The van der Waals surface area contributed by atoms with Crippen molar-refractivity contribution in [3.8, 4) is 11.3 Å². The molecule has 2 heterocycles. The highest BCUT2D eigenvalue weighted by atomic mass is 16.5. The lowest BCUT2D eigenvalue weighted by Crippen LogP contribution is -2.14. The molecule has 1 aliphatic carbocycles. The Morgan fingerprint density at radius 1 is 1.22 bits per heavy atom. The van der Waals surface area contributed by atoms with Crippen molar-refractivity contribution in [3.63, 3.8) is 0 Å². The van der Waals surface area contributed by atoms with E-state index in [9.17, 15) is 10.0 Å².